The fraction of sp³-hybridized carbons (Fsp3) is 0.0769. The summed E-state index contributed by atoms with van der Waals surface area (Å²) in [6.07, 6.45) is 1.59. The summed E-state index contributed by atoms with van der Waals surface area (Å²) < 4.78 is 12.3. The zero-order chi connectivity index (χ0) is 22.8. The third-order valence-electron chi connectivity index (χ3n) is 5.19. The zero-order valence-electron chi connectivity index (χ0n) is 17.7. The number of amides is 1. The molecule has 5 aromatic rings. The van der Waals surface area contributed by atoms with E-state index in [1.165, 1.54) is 11.3 Å². The van der Waals surface area contributed by atoms with Crippen LogP contribution >= 0.6 is 22.9 Å². The van der Waals surface area contributed by atoms with Gasteiger partial charge in [0.1, 0.15) is 17.3 Å². The van der Waals surface area contributed by atoms with Crippen LogP contribution in [0, 0.1) is 6.92 Å². The maximum Gasteiger partial charge on any atom is 0.260 e. The Labute approximate surface area is 199 Å². The highest BCUT2D eigenvalue weighted by atomic mass is 35.5. The lowest BCUT2D eigenvalue weighted by atomic mass is 10.2. The molecule has 7 heteroatoms. The first-order valence-electron chi connectivity index (χ1n) is 10.3. The lowest BCUT2D eigenvalue weighted by Crippen LogP contribution is -2.30. The molecule has 0 aliphatic heterocycles. The number of carbonyl (C=O) groups is 1. The molecule has 0 aliphatic rings. The number of anilines is 1. The number of para-hydroxylation sites is 1. The molecule has 0 saturated heterocycles. The number of benzene rings is 3. The van der Waals surface area contributed by atoms with E-state index in [0.29, 0.717) is 27.2 Å². The summed E-state index contributed by atoms with van der Waals surface area (Å²) in [5, 5.41) is 1.23. The minimum atomic E-state index is -0.180. The number of aromatic nitrogens is 1. The van der Waals surface area contributed by atoms with Crippen LogP contribution in [-0.2, 0) is 6.54 Å². The van der Waals surface area contributed by atoms with Crippen LogP contribution in [0.5, 0.6) is 11.5 Å². The second-order valence-electron chi connectivity index (χ2n) is 7.43. The van der Waals surface area contributed by atoms with E-state index in [4.69, 9.17) is 25.7 Å². The number of aryl methyl sites for hydroxylation is 1. The Morgan fingerprint density at radius 1 is 1.00 bits per heavy atom. The summed E-state index contributed by atoms with van der Waals surface area (Å²) in [6.45, 7) is 2.19. The summed E-state index contributed by atoms with van der Waals surface area (Å²) in [5.74, 6) is 1.88. The van der Waals surface area contributed by atoms with Gasteiger partial charge >= 0.3 is 0 Å². The van der Waals surface area contributed by atoms with Gasteiger partial charge in [0.15, 0.2) is 5.13 Å². The van der Waals surface area contributed by atoms with Crippen molar-refractivity contribution in [3.05, 3.63) is 107 Å². The maximum absolute atomic E-state index is 13.6. The van der Waals surface area contributed by atoms with Crippen molar-refractivity contribution in [3.63, 3.8) is 0 Å². The number of carbonyl (C=O) groups excluding carboxylic acids is 1. The van der Waals surface area contributed by atoms with Crippen LogP contribution in [0.4, 0.5) is 5.13 Å². The zero-order valence-corrected chi connectivity index (χ0v) is 19.3. The largest absolute Gasteiger partial charge is 0.467 e. The summed E-state index contributed by atoms with van der Waals surface area (Å²) in [4.78, 5) is 19.9. The molecule has 33 heavy (non-hydrogen) atoms. The molecular formula is C26H19ClN2O3S. The molecule has 0 atom stereocenters. The van der Waals surface area contributed by atoms with Gasteiger partial charge in [-0.2, -0.15) is 0 Å². The van der Waals surface area contributed by atoms with Gasteiger partial charge in [-0.15, -0.1) is 0 Å². The van der Waals surface area contributed by atoms with Crippen molar-refractivity contribution in [1.82, 2.24) is 4.98 Å². The van der Waals surface area contributed by atoms with Crippen molar-refractivity contribution in [2.24, 2.45) is 0 Å². The molecule has 1 amide bonds. The molecule has 2 heterocycles. The molecule has 0 bridgehead atoms. The van der Waals surface area contributed by atoms with E-state index in [-0.39, 0.29) is 12.5 Å². The number of halogens is 1. The molecule has 0 N–H and O–H groups in total. The minimum Gasteiger partial charge on any atom is -0.467 e. The van der Waals surface area contributed by atoms with Gasteiger partial charge in [-0.3, -0.25) is 9.69 Å². The molecule has 0 aliphatic carbocycles. The third kappa shape index (κ3) is 4.49. The Bertz CT molecular complexity index is 1400. The number of fused-ring (bicyclic) bond motifs is 1. The van der Waals surface area contributed by atoms with E-state index in [2.05, 4.69) is 0 Å². The number of rotatable bonds is 6. The second-order valence-corrected chi connectivity index (χ2v) is 8.84. The summed E-state index contributed by atoms with van der Waals surface area (Å²) in [5.41, 5.74) is 2.21. The van der Waals surface area contributed by atoms with E-state index in [1.54, 1.807) is 41.5 Å². The predicted molar refractivity (Wildman–Crippen MR) is 132 cm³/mol. The second kappa shape index (κ2) is 9.10. The highest BCUT2D eigenvalue weighted by Gasteiger charge is 2.23. The molecule has 0 fully saturated rings. The SMILES string of the molecule is Cc1c(Cl)ccc2sc(N(Cc3ccco3)C(=O)c3ccc(Oc4ccccc4)cc3)nc12. The molecule has 3 aromatic carbocycles. The number of hydrogen-bond donors (Lipinski definition) is 0. The molecule has 0 spiro atoms. The first-order valence-corrected chi connectivity index (χ1v) is 11.5. The van der Waals surface area contributed by atoms with Gasteiger partial charge in [0, 0.05) is 10.6 Å². The van der Waals surface area contributed by atoms with Gasteiger partial charge in [0.05, 0.1) is 23.0 Å². The Kier molecular flexibility index (Phi) is 5.86. The van der Waals surface area contributed by atoms with Crippen molar-refractivity contribution in [2.45, 2.75) is 13.5 Å². The maximum atomic E-state index is 13.6. The van der Waals surface area contributed by atoms with E-state index in [0.717, 1.165) is 21.5 Å². The molecule has 0 saturated carbocycles. The monoisotopic (exact) mass is 474 g/mol. The average Bonchev–Trinajstić information content (AvgIpc) is 3.51. The van der Waals surface area contributed by atoms with E-state index < -0.39 is 0 Å². The highest BCUT2D eigenvalue weighted by molar-refractivity contribution is 7.22. The van der Waals surface area contributed by atoms with Gasteiger partial charge in [-0.05, 0) is 73.2 Å². The van der Waals surface area contributed by atoms with Gasteiger partial charge in [0.25, 0.3) is 5.91 Å². The Hall–Kier alpha value is -3.61. The molecule has 2 aromatic heterocycles. The molecule has 5 rings (SSSR count). The minimum absolute atomic E-state index is 0.180. The van der Waals surface area contributed by atoms with Gasteiger partial charge in [-0.25, -0.2) is 4.98 Å². The summed E-state index contributed by atoms with van der Waals surface area (Å²) in [7, 11) is 0. The van der Waals surface area contributed by atoms with Crippen LogP contribution in [0.2, 0.25) is 5.02 Å². The van der Waals surface area contributed by atoms with E-state index >= 15 is 0 Å². The number of ether oxygens (including phenoxy) is 1. The fourth-order valence-corrected chi connectivity index (χ4v) is 4.61. The van der Waals surface area contributed by atoms with Crippen LogP contribution < -0.4 is 9.64 Å². The fourth-order valence-electron chi connectivity index (χ4n) is 3.43. The summed E-state index contributed by atoms with van der Waals surface area (Å²) in [6, 6.07) is 24.0. The highest BCUT2D eigenvalue weighted by Crippen LogP contribution is 2.35. The molecule has 0 radical (unpaired) electrons. The summed E-state index contributed by atoms with van der Waals surface area (Å²) >= 11 is 7.73. The van der Waals surface area contributed by atoms with Crippen LogP contribution in [0.1, 0.15) is 21.7 Å². The molecule has 0 unspecified atom stereocenters. The number of thiazole rings is 1. The Morgan fingerprint density at radius 3 is 2.48 bits per heavy atom. The quantitative estimate of drug-likeness (QED) is 0.256. The lowest BCUT2D eigenvalue weighted by Gasteiger charge is -2.19. The Balaban J connectivity index is 1.46. The molecule has 5 nitrogen and oxygen atoms in total. The number of nitrogens with zero attached hydrogens (tertiary/aromatic N) is 2. The van der Waals surface area contributed by atoms with Crippen molar-refractivity contribution in [3.8, 4) is 11.5 Å². The van der Waals surface area contributed by atoms with Gasteiger partial charge < -0.3 is 9.15 Å². The topological polar surface area (TPSA) is 55.6 Å². The standard InChI is InChI=1S/C26H19ClN2O3S/c1-17-22(27)13-14-23-24(17)28-26(33-23)29(16-21-8-5-15-31-21)25(30)18-9-11-20(12-10-18)32-19-6-3-2-4-7-19/h2-15H,16H2,1H3. The smallest absolute Gasteiger partial charge is 0.260 e. The van der Waals surface area contributed by atoms with E-state index in [9.17, 15) is 4.79 Å². The Morgan fingerprint density at radius 2 is 1.76 bits per heavy atom. The van der Waals surface area contributed by atoms with Crippen LogP contribution in [0.15, 0.2) is 89.5 Å². The predicted octanol–water partition coefficient (Wildman–Crippen LogP) is 7.49. The van der Waals surface area contributed by atoms with Crippen molar-refractivity contribution >= 4 is 44.2 Å². The lowest BCUT2D eigenvalue weighted by molar-refractivity contribution is 0.0983. The molecular weight excluding hydrogens is 456 g/mol. The van der Waals surface area contributed by atoms with Gasteiger partial charge in [0.2, 0.25) is 0 Å². The van der Waals surface area contributed by atoms with Crippen molar-refractivity contribution in [2.75, 3.05) is 4.90 Å². The van der Waals surface area contributed by atoms with E-state index in [1.807, 2.05) is 55.5 Å². The van der Waals surface area contributed by atoms with Crippen LogP contribution in [0.3, 0.4) is 0 Å². The van der Waals surface area contributed by atoms with Crippen LogP contribution in [-0.4, -0.2) is 10.9 Å². The first kappa shape index (κ1) is 21.2. The molecule has 164 valence electrons. The van der Waals surface area contributed by atoms with Gasteiger partial charge in [-0.1, -0.05) is 41.1 Å². The number of hydrogen-bond acceptors (Lipinski definition) is 5. The van der Waals surface area contributed by atoms with Crippen molar-refractivity contribution < 1.29 is 13.9 Å². The number of furan rings is 1. The van der Waals surface area contributed by atoms with Crippen LogP contribution in [0.25, 0.3) is 10.2 Å². The first-order chi connectivity index (χ1) is 16.1. The normalized spacial score (nSPS) is 11.0. The average molecular weight is 475 g/mol. The third-order valence-corrected chi connectivity index (χ3v) is 6.64. The van der Waals surface area contributed by atoms with Crippen molar-refractivity contribution in [1.29, 1.82) is 0 Å².